The molecule has 0 radical (unpaired) electrons. The van der Waals surface area contributed by atoms with Gasteiger partial charge in [0, 0.05) is 23.3 Å². The predicted octanol–water partition coefficient (Wildman–Crippen LogP) is 2.05. The molecule has 2 aromatic carbocycles. The smallest absolute Gasteiger partial charge is 0.328 e. The topological polar surface area (TPSA) is 122 Å². The van der Waals surface area contributed by atoms with Crippen LogP contribution >= 0.6 is 0 Å². The van der Waals surface area contributed by atoms with Gasteiger partial charge >= 0.3 is 5.97 Å². The Bertz CT molecular complexity index is 982. The lowest BCUT2D eigenvalue weighted by Crippen LogP contribution is -2.39. The van der Waals surface area contributed by atoms with Crippen molar-refractivity contribution in [2.45, 2.75) is 19.5 Å². The Morgan fingerprint density at radius 2 is 2.07 bits per heavy atom. The third-order valence-electron chi connectivity index (χ3n) is 4.13. The number of rotatable bonds is 6. The molecule has 0 spiro atoms. The largest absolute Gasteiger partial charge is 0.467 e. The number of ether oxygens (including phenoxy) is 1. The van der Waals surface area contributed by atoms with E-state index in [4.69, 9.17) is 5.73 Å². The molecule has 0 aliphatic heterocycles. The molecule has 8 heteroatoms. The second-order valence-electron chi connectivity index (χ2n) is 6.15. The summed E-state index contributed by atoms with van der Waals surface area (Å²) in [6.45, 7) is 2.17. The molecule has 1 amide bonds. The van der Waals surface area contributed by atoms with E-state index >= 15 is 0 Å². The Morgan fingerprint density at radius 3 is 2.81 bits per heavy atom. The summed E-state index contributed by atoms with van der Waals surface area (Å²) in [7, 11) is 1.27. The highest BCUT2D eigenvalue weighted by atomic mass is 16.5. The van der Waals surface area contributed by atoms with E-state index in [1.807, 2.05) is 36.4 Å². The number of esters is 1. The van der Waals surface area contributed by atoms with Crippen LogP contribution in [-0.2, 0) is 16.1 Å². The zero-order valence-electron chi connectivity index (χ0n) is 15.1. The van der Waals surface area contributed by atoms with Gasteiger partial charge in [0.15, 0.2) is 0 Å². The first-order chi connectivity index (χ1) is 13.0. The summed E-state index contributed by atoms with van der Waals surface area (Å²) in [4.78, 5) is 23.8. The Kier molecular flexibility index (Phi) is 5.25. The van der Waals surface area contributed by atoms with Crippen molar-refractivity contribution in [3.05, 3.63) is 53.7 Å². The van der Waals surface area contributed by atoms with Gasteiger partial charge in [0.25, 0.3) is 5.91 Å². The summed E-state index contributed by atoms with van der Waals surface area (Å²) in [6, 6.07) is 12.4. The number of carbonyl (C=O) groups excluding carboxylic acids is 2. The minimum Gasteiger partial charge on any atom is -0.467 e. The summed E-state index contributed by atoms with van der Waals surface area (Å²) < 4.78 is 4.61. The third kappa shape index (κ3) is 4.17. The molecule has 5 N–H and O–H groups in total. The van der Waals surface area contributed by atoms with Crippen molar-refractivity contribution in [3.63, 3.8) is 0 Å². The molecule has 27 heavy (non-hydrogen) atoms. The van der Waals surface area contributed by atoms with Crippen molar-refractivity contribution in [1.82, 2.24) is 15.5 Å². The molecule has 1 heterocycles. The molecule has 0 fully saturated rings. The summed E-state index contributed by atoms with van der Waals surface area (Å²) >= 11 is 0. The van der Waals surface area contributed by atoms with Gasteiger partial charge in [-0.2, -0.15) is 5.10 Å². The van der Waals surface area contributed by atoms with Crippen molar-refractivity contribution in [2.24, 2.45) is 0 Å². The Hall–Kier alpha value is -3.55. The van der Waals surface area contributed by atoms with Crippen LogP contribution in [0.5, 0.6) is 0 Å². The number of hydrogen-bond donors (Lipinski definition) is 4. The van der Waals surface area contributed by atoms with Gasteiger partial charge in [-0.3, -0.25) is 9.89 Å². The van der Waals surface area contributed by atoms with Crippen molar-refractivity contribution < 1.29 is 14.3 Å². The van der Waals surface area contributed by atoms with Gasteiger partial charge in [0.05, 0.1) is 12.6 Å². The van der Waals surface area contributed by atoms with E-state index in [9.17, 15) is 9.59 Å². The van der Waals surface area contributed by atoms with Gasteiger partial charge in [-0.25, -0.2) is 4.79 Å². The fourth-order valence-electron chi connectivity index (χ4n) is 2.71. The highest BCUT2D eigenvalue weighted by Crippen LogP contribution is 2.21. The van der Waals surface area contributed by atoms with Crippen LogP contribution in [0.15, 0.2) is 42.5 Å². The van der Waals surface area contributed by atoms with Crippen molar-refractivity contribution in [1.29, 1.82) is 0 Å². The van der Waals surface area contributed by atoms with Crippen molar-refractivity contribution in [3.8, 4) is 0 Å². The van der Waals surface area contributed by atoms with Gasteiger partial charge in [0.1, 0.15) is 11.7 Å². The zero-order valence-corrected chi connectivity index (χ0v) is 15.1. The Labute approximate surface area is 156 Å². The van der Waals surface area contributed by atoms with E-state index in [2.05, 4.69) is 25.6 Å². The zero-order chi connectivity index (χ0) is 19.4. The van der Waals surface area contributed by atoms with Crippen LogP contribution < -0.4 is 16.4 Å². The third-order valence-corrected chi connectivity index (χ3v) is 4.13. The number of carbonyl (C=O) groups is 2. The lowest BCUT2D eigenvalue weighted by Gasteiger charge is -2.10. The van der Waals surface area contributed by atoms with Gasteiger partial charge in [0.2, 0.25) is 0 Å². The molecule has 3 aromatic rings. The summed E-state index contributed by atoms with van der Waals surface area (Å²) in [5.41, 5.74) is 9.37. The number of methoxy groups -OCH3 is 1. The summed E-state index contributed by atoms with van der Waals surface area (Å²) in [5, 5.41) is 13.5. The molecule has 0 saturated carbocycles. The molecule has 3 rings (SSSR count). The van der Waals surface area contributed by atoms with E-state index in [-0.39, 0.29) is 0 Å². The minimum absolute atomic E-state index is 0.295. The van der Waals surface area contributed by atoms with Crippen LogP contribution in [-0.4, -0.2) is 35.2 Å². The van der Waals surface area contributed by atoms with Gasteiger partial charge < -0.3 is 21.1 Å². The maximum atomic E-state index is 12.4. The number of H-pyrrole nitrogens is 1. The van der Waals surface area contributed by atoms with E-state index in [1.165, 1.54) is 7.11 Å². The number of amides is 1. The number of nitrogens with two attached hydrogens (primary N) is 1. The molecule has 1 unspecified atom stereocenters. The highest BCUT2D eigenvalue weighted by molar-refractivity contribution is 6.06. The number of anilines is 2. The van der Waals surface area contributed by atoms with Crippen LogP contribution in [0.1, 0.15) is 23.0 Å². The molecule has 8 nitrogen and oxygen atoms in total. The predicted molar refractivity (Wildman–Crippen MR) is 103 cm³/mol. The maximum Gasteiger partial charge on any atom is 0.328 e. The van der Waals surface area contributed by atoms with E-state index in [0.29, 0.717) is 28.8 Å². The van der Waals surface area contributed by atoms with Crippen LogP contribution in [0, 0.1) is 0 Å². The minimum atomic E-state index is -0.750. The van der Waals surface area contributed by atoms with Crippen LogP contribution in [0.3, 0.4) is 0 Å². The van der Waals surface area contributed by atoms with Crippen LogP contribution in [0.25, 0.3) is 10.9 Å². The number of nitrogen functional groups attached to an aromatic ring is 1. The average Bonchev–Trinajstić information content (AvgIpc) is 3.09. The number of nitrogens with zero attached hydrogens (tertiary/aromatic N) is 1. The second kappa shape index (κ2) is 7.77. The number of fused-ring (bicyclic) bond motifs is 1. The van der Waals surface area contributed by atoms with E-state index in [1.54, 1.807) is 13.0 Å². The molecule has 1 aromatic heterocycles. The molecule has 0 bridgehead atoms. The molecular formula is C19H21N5O3. The first-order valence-corrected chi connectivity index (χ1v) is 8.43. The van der Waals surface area contributed by atoms with Crippen molar-refractivity contribution in [2.75, 3.05) is 18.2 Å². The molecule has 140 valence electrons. The number of aromatic amines is 1. The quantitative estimate of drug-likeness (QED) is 0.391. The average molecular weight is 367 g/mol. The first-order valence-electron chi connectivity index (χ1n) is 8.43. The fraction of sp³-hybridized carbons (Fsp3) is 0.211. The van der Waals surface area contributed by atoms with E-state index < -0.39 is 17.9 Å². The van der Waals surface area contributed by atoms with Crippen molar-refractivity contribution >= 4 is 34.2 Å². The molecule has 0 aliphatic rings. The number of benzene rings is 2. The lowest BCUT2D eigenvalue weighted by atomic mass is 10.1. The fourth-order valence-corrected chi connectivity index (χ4v) is 2.71. The Balaban J connectivity index is 1.72. The van der Waals surface area contributed by atoms with Gasteiger partial charge in [-0.15, -0.1) is 0 Å². The van der Waals surface area contributed by atoms with Gasteiger partial charge in [-0.05, 0) is 42.8 Å². The normalized spacial score (nSPS) is 11.8. The molecular weight excluding hydrogens is 346 g/mol. The monoisotopic (exact) mass is 367 g/mol. The number of nitrogens with one attached hydrogen (secondary N) is 3. The summed E-state index contributed by atoms with van der Waals surface area (Å²) in [5.74, 6) is -0.934. The highest BCUT2D eigenvalue weighted by Gasteiger charge is 2.20. The first kappa shape index (κ1) is 18.2. The number of hydrogen-bond acceptors (Lipinski definition) is 6. The van der Waals surface area contributed by atoms with Crippen LogP contribution in [0.2, 0.25) is 0 Å². The SMILES string of the molecule is COC(=O)C(C)NC(=O)c1[nH]nc2cc(NCc3cccc(N)c3)ccc12. The standard InChI is InChI=1S/C19H21N5O3/c1-11(19(26)27-2)22-18(25)17-15-7-6-14(9-16(15)23-24-17)21-10-12-4-3-5-13(20)8-12/h3-9,11,21H,10,20H2,1-2H3,(H,22,25)(H,23,24). The molecule has 0 aliphatic carbocycles. The summed E-state index contributed by atoms with van der Waals surface area (Å²) in [6.07, 6.45) is 0. The molecule has 0 saturated heterocycles. The van der Waals surface area contributed by atoms with E-state index in [0.717, 1.165) is 11.3 Å². The molecule has 1 atom stereocenters. The second-order valence-corrected chi connectivity index (χ2v) is 6.15. The van der Waals surface area contributed by atoms with Gasteiger partial charge in [-0.1, -0.05) is 12.1 Å². The number of aromatic nitrogens is 2. The lowest BCUT2D eigenvalue weighted by molar-refractivity contribution is -0.142. The maximum absolute atomic E-state index is 12.4. The van der Waals surface area contributed by atoms with Crippen LogP contribution in [0.4, 0.5) is 11.4 Å². The Morgan fingerprint density at radius 1 is 1.26 bits per heavy atom.